The largest absolute Gasteiger partial charge is 0.442 e. The Labute approximate surface area is 145 Å². The lowest BCUT2D eigenvalue weighted by molar-refractivity contribution is -0.119. The van der Waals surface area contributed by atoms with Crippen LogP contribution in [0.15, 0.2) is 42.7 Å². The van der Waals surface area contributed by atoms with Gasteiger partial charge in [-0.3, -0.25) is 14.3 Å². The zero-order chi connectivity index (χ0) is 18.3. The summed E-state index contributed by atoms with van der Waals surface area (Å²) < 4.78 is 37.5. The summed E-state index contributed by atoms with van der Waals surface area (Å²) in [6, 6.07) is 8.38. The van der Waals surface area contributed by atoms with Crippen LogP contribution < -0.4 is 10.6 Å². The normalized spacial score (nSPS) is 11.2. The van der Waals surface area contributed by atoms with Crippen molar-refractivity contribution < 1.29 is 22.8 Å². The van der Waals surface area contributed by atoms with E-state index in [1.807, 2.05) is 0 Å². The maximum absolute atomic E-state index is 12.0. The Morgan fingerprint density at radius 3 is 2.68 bits per heavy atom. The fourth-order valence-corrected chi connectivity index (χ4v) is 2.30. The van der Waals surface area contributed by atoms with Gasteiger partial charge >= 0.3 is 5.51 Å². The standard InChI is InChI=1S/C15H15F3N4O2S/c16-15(17,18)25-10-14(24)19-8-11-3-1-4-12(7-11)21-13(23)9-22-6-2-5-20-22/h1-7H,8-10H2,(H,19,24)(H,21,23). The van der Waals surface area contributed by atoms with Crippen molar-refractivity contribution in [1.29, 1.82) is 0 Å². The van der Waals surface area contributed by atoms with Crippen molar-refractivity contribution in [3.8, 4) is 0 Å². The van der Waals surface area contributed by atoms with Gasteiger partial charge in [-0.05, 0) is 35.5 Å². The molecule has 2 amide bonds. The molecule has 0 unspecified atom stereocenters. The second kappa shape index (κ2) is 8.56. The van der Waals surface area contributed by atoms with Gasteiger partial charge in [0.25, 0.3) is 0 Å². The monoisotopic (exact) mass is 372 g/mol. The zero-order valence-electron chi connectivity index (χ0n) is 12.9. The van der Waals surface area contributed by atoms with Crippen LogP contribution >= 0.6 is 11.8 Å². The topological polar surface area (TPSA) is 76.0 Å². The molecule has 0 aliphatic carbocycles. The molecule has 1 aromatic carbocycles. The van der Waals surface area contributed by atoms with Crippen LogP contribution in [0.1, 0.15) is 5.56 Å². The number of alkyl halides is 3. The number of thioether (sulfide) groups is 1. The quantitative estimate of drug-likeness (QED) is 0.783. The van der Waals surface area contributed by atoms with Crippen LogP contribution in [0.5, 0.6) is 0 Å². The Morgan fingerprint density at radius 2 is 2.00 bits per heavy atom. The van der Waals surface area contributed by atoms with Crippen molar-refractivity contribution in [3.05, 3.63) is 48.3 Å². The van der Waals surface area contributed by atoms with Gasteiger partial charge in [0.05, 0.1) is 5.75 Å². The minimum atomic E-state index is -4.43. The molecule has 0 fully saturated rings. The van der Waals surface area contributed by atoms with Crippen molar-refractivity contribution in [2.45, 2.75) is 18.6 Å². The van der Waals surface area contributed by atoms with E-state index in [9.17, 15) is 22.8 Å². The van der Waals surface area contributed by atoms with Gasteiger partial charge in [0.15, 0.2) is 0 Å². The maximum atomic E-state index is 12.0. The number of rotatable bonds is 7. The smallest absolute Gasteiger partial charge is 0.351 e. The Balaban J connectivity index is 1.82. The molecule has 2 rings (SSSR count). The van der Waals surface area contributed by atoms with Gasteiger partial charge in [-0.15, -0.1) is 0 Å². The predicted octanol–water partition coefficient (Wildman–Crippen LogP) is 2.39. The molecular formula is C15H15F3N4O2S. The molecule has 0 saturated heterocycles. The van der Waals surface area contributed by atoms with E-state index in [0.29, 0.717) is 11.3 Å². The highest BCUT2D eigenvalue weighted by molar-refractivity contribution is 8.00. The summed E-state index contributed by atoms with van der Waals surface area (Å²) in [4.78, 5) is 23.3. The average molecular weight is 372 g/mol. The first-order valence-corrected chi connectivity index (χ1v) is 8.14. The Bertz CT molecular complexity index is 720. The van der Waals surface area contributed by atoms with Crippen LogP contribution in [0.3, 0.4) is 0 Å². The lowest BCUT2D eigenvalue weighted by Gasteiger charge is -2.09. The molecule has 0 bridgehead atoms. The number of hydrogen-bond donors (Lipinski definition) is 2. The molecule has 0 saturated carbocycles. The SMILES string of the molecule is O=C(CSC(F)(F)F)NCc1cccc(NC(=O)Cn2cccn2)c1. The van der Waals surface area contributed by atoms with E-state index < -0.39 is 17.2 Å². The molecule has 0 aliphatic heterocycles. The van der Waals surface area contributed by atoms with Crippen LogP contribution in [0.25, 0.3) is 0 Å². The molecule has 2 aromatic rings. The van der Waals surface area contributed by atoms with Gasteiger partial charge in [-0.1, -0.05) is 12.1 Å². The molecule has 0 aliphatic rings. The number of nitrogens with zero attached hydrogens (tertiary/aromatic N) is 2. The van der Waals surface area contributed by atoms with Gasteiger partial charge < -0.3 is 10.6 Å². The predicted molar refractivity (Wildman–Crippen MR) is 87.7 cm³/mol. The minimum Gasteiger partial charge on any atom is -0.351 e. The summed E-state index contributed by atoms with van der Waals surface area (Å²) >= 11 is -0.387. The number of carbonyl (C=O) groups excluding carboxylic acids is 2. The fourth-order valence-electron chi connectivity index (χ4n) is 1.90. The van der Waals surface area contributed by atoms with E-state index in [1.165, 1.54) is 4.68 Å². The molecule has 134 valence electrons. The first kappa shape index (κ1) is 18.8. The van der Waals surface area contributed by atoms with Gasteiger partial charge in [-0.2, -0.15) is 18.3 Å². The Hall–Kier alpha value is -2.49. The van der Waals surface area contributed by atoms with Crippen molar-refractivity contribution in [2.24, 2.45) is 0 Å². The van der Waals surface area contributed by atoms with E-state index in [2.05, 4.69) is 15.7 Å². The number of aromatic nitrogens is 2. The molecule has 1 heterocycles. The van der Waals surface area contributed by atoms with Crippen LogP contribution in [0.4, 0.5) is 18.9 Å². The van der Waals surface area contributed by atoms with Crippen LogP contribution in [-0.2, 0) is 22.7 Å². The summed E-state index contributed by atoms with van der Waals surface area (Å²) in [6.07, 6.45) is 3.22. The highest BCUT2D eigenvalue weighted by Crippen LogP contribution is 2.29. The number of anilines is 1. The molecule has 25 heavy (non-hydrogen) atoms. The maximum Gasteiger partial charge on any atom is 0.442 e. The summed E-state index contributed by atoms with van der Waals surface area (Å²) in [6.45, 7) is 0.128. The van der Waals surface area contributed by atoms with Crippen LogP contribution in [-0.4, -0.2) is 32.9 Å². The summed E-state index contributed by atoms with van der Waals surface area (Å²) in [5, 5.41) is 9.02. The highest BCUT2D eigenvalue weighted by Gasteiger charge is 2.29. The molecule has 0 spiro atoms. The molecule has 1 aromatic heterocycles. The van der Waals surface area contributed by atoms with Crippen molar-refractivity contribution in [3.63, 3.8) is 0 Å². The lowest BCUT2D eigenvalue weighted by Crippen LogP contribution is -2.26. The molecule has 0 radical (unpaired) electrons. The number of benzene rings is 1. The van der Waals surface area contributed by atoms with E-state index in [1.54, 1.807) is 42.7 Å². The molecular weight excluding hydrogens is 357 g/mol. The summed E-state index contributed by atoms with van der Waals surface area (Å²) in [5.41, 5.74) is -3.26. The first-order chi connectivity index (χ1) is 11.8. The van der Waals surface area contributed by atoms with Crippen LogP contribution in [0.2, 0.25) is 0 Å². The van der Waals surface area contributed by atoms with Crippen molar-refractivity contribution in [1.82, 2.24) is 15.1 Å². The third-order valence-electron chi connectivity index (χ3n) is 2.93. The van der Waals surface area contributed by atoms with Gasteiger partial charge in [-0.25, -0.2) is 0 Å². The second-order valence-corrected chi connectivity index (χ2v) is 6.00. The third-order valence-corrected chi connectivity index (χ3v) is 3.67. The van der Waals surface area contributed by atoms with E-state index in [-0.39, 0.29) is 30.8 Å². The Morgan fingerprint density at radius 1 is 1.20 bits per heavy atom. The van der Waals surface area contributed by atoms with Crippen LogP contribution in [0, 0.1) is 0 Å². The molecule has 6 nitrogen and oxygen atoms in total. The molecule has 10 heteroatoms. The van der Waals surface area contributed by atoms with E-state index >= 15 is 0 Å². The average Bonchev–Trinajstić information content (AvgIpc) is 3.03. The number of halogens is 3. The third kappa shape index (κ3) is 7.29. The summed E-state index contributed by atoms with van der Waals surface area (Å²) in [7, 11) is 0. The second-order valence-electron chi connectivity index (χ2n) is 4.96. The van der Waals surface area contributed by atoms with Crippen molar-refractivity contribution in [2.75, 3.05) is 11.1 Å². The molecule has 0 atom stereocenters. The highest BCUT2D eigenvalue weighted by atomic mass is 32.2. The van der Waals surface area contributed by atoms with Gasteiger partial charge in [0, 0.05) is 24.6 Å². The van der Waals surface area contributed by atoms with Crippen molar-refractivity contribution >= 4 is 29.3 Å². The minimum absolute atomic E-state index is 0.0582. The lowest BCUT2D eigenvalue weighted by atomic mass is 10.2. The Kier molecular flexibility index (Phi) is 6.45. The van der Waals surface area contributed by atoms with Gasteiger partial charge in [0.2, 0.25) is 11.8 Å². The molecule has 2 N–H and O–H groups in total. The summed E-state index contributed by atoms with van der Waals surface area (Å²) in [5.74, 6) is -1.68. The zero-order valence-corrected chi connectivity index (χ0v) is 13.7. The van der Waals surface area contributed by atoms with Gasteiger partial charge in [0.1, 0.15) is 6.54 Å². The van der Waals surface area contributed by atoms with E-state index in [0.717, 1.165) is 0 Å². The number of hydrogen-bond acceptors (Lipinski definition) is 4. The number of amides is 2. The number of carbonyl (C=O) groups is 2. The van der Waals surface area contributed by atoms with E-state index in [4.69, 9.17) is 0 Å². The fraction of sp³-hybridized carbons (Fsp3) is 0.267. The number of nitrogens with one attached hydrogen (secondary N) is 2. The first-order valence-electron chi connectivity index (χ1n) is 7.15.